The maximum Gasteiger partial charge on any atom is 0.225 e. The van der Waals surface area contributed by atoms with Gasteiger partial charge in [0.15, 0.2) is 12.2 Å². The molecule has 1 amide bonds. The van der Waals surface area contributed by atoms with Crippen molar-refractivity contribution < 1.29 is 9.21 Å². The molecule has 0 radical (unpaired) electrons. The summed E-state index contributed by atoms with van der Waals surface area (Å²) < 4.78 is 5.24. The summed E-state index contributed by atoms with van der Waals surface area (Å²) in [5.74, 6) is 0.574. The highest BCUT2D eigenvalue weighted by molar-refractivity contribution is 5.91. The molecule has 5 nitrogen and oxygen atoms in total. The maximum atomic E-state index is 12.0. The average molecular weight is 287 g/mol. The molecule has 21 heavy (non-hydrogen) atoms. The second-order valence-corrected chi connectivity index (χ2v) is 6.17. The Bertz CT molecular complexity index is 600. The fraction of sp³-hybridized carbons (Fsp3) is 0.375. The summed E-state index contributed by atoms with van der Waals surface area (Å²) in [5.41, 5.74) is 7.51. The molecule has 0 aliphatic heterocycles. The van der Waals surface area contributed by atoms with Crippen LogP contribution >= 0.6 is 0 Å². The molecule has 0 saturated heterocycles. The van der Waals surface area contributed by atoms with Gasteiger partial charge >= 0.3 is 0 Å². The van der Waals surface area contributed by atoms with Gasteiger partial charge in [-0.15, -0.1) is 0 Å². The summed E-state index contributed by atoms with van der Waals surface area (Å²) in [4.78, 5) is 15.9. The Kier molecular flexibility index (Phi) is 4.43. The van der Waals surface area contributed by atoms with Crippen molar-refractivity contribution in [1.29, 1.82) is 0 Å². The molecule has 1 atom stereocenters. The number of hydrogen-bond donors (Lipinski definition) is 2. The molecular weight excluding hydrogens is 266 g/mol. The Morgan fingerprint density at radius 1 is 1.43 bits per heavy atom. The van der Waals surface area contributed by atoms with Crippen LogP contribution in [0.2, 0.25) is 0 Å². The van der Waals surface area contributed by atoms with Gasteiger partial charge in [-0.1, -0.05) is 32.9 Å². The van der Waals surface area contributed by atoms with Gasteiger partial charge in [0.05, 0.1) is 6.20 Å². The van der Waals surface area contributed by atoms with E-state index in [4.69, 9.17) is 10.2 Å². The molecule has 0 bridgehead atoms. The number of amides is 1. The summed E-state index contributed by atoms with van der Waals surface area (Å²) in [6.45, 7) is 6.07. The van der Waals surface area contributed by atoms with E-state index in [2.05, 4.69) is 10.3 Å². The number of carbonyl (C=O) groups excluding carboxylic acids is 1. The largest absolute Gasteiger partial charge is 0.444 e. The van der Waals surface area contributed by atoms with Crippen LogP contribution in [-0.2, 0) is 4.79 Å². The van der Waals surface area contributed by atoms with E-state index >= 15 is 0 Å². The highest BCUT2D eigenvalue weighted by atomic mass is 16.3. The Balaban J connectivity index is 2.03. The topological polar surface area (TPSA) is 81.2 Å². The third kappa shape index (κ3) is 4.16. The zero-order chi connectivity index (χ0) is 15.5. The first kappa shape index (κ1) is 15.3. The zero-order valence-corrected chi connectivity index (χ0v) is 12.6. The van der Waals surface area contributed by atoms with Crippen LogP contribution in [0.25, 0.3) is 11.3 Å². The van der Waals surface area contributed by atoms with E-state index in [1.54, 1.807) is 6.20 Å². The lowest BCUT2D eigenvalue weighted by molar-refractivity contribution is -0.117. The van der Waals surface area contributed by atoms with Gasteiger partial charge in [0.25, 0.3) is 0 Å². The van der Waals surface area contributed by atoms with Crippen LogP contribution in [0.1, 0.15) is 27.2 Å². The Labute approximate surface area is 124 Å². The van der Waals surface area contributed by atoms with E-state index in [-0.39, 0.29) is 23.8 Å². The first-order chi connectivity index (χ1) is 9.86. The van der Waals surface area contributed by atoms with Crippen molar-refractivity contribution in [3.63, 3.8) is 0 Å². The molecule has 2 rings (SSSR count). The van der Waals surface area contributed by atoms with Crippen molar-refractivity contribution in [2.24, 2.45) is 11.1 Å². The molecule has 0 fully saturated rings. The number of carbonyl (C=O) groups is 1. The van der Waals surface area contributed by atoms with E-state index in [1.807, 2.05) is 45.0 Å². The molecule has 1 heterocycles. The van der Waals surface area contributed by atoms with Crippen molar-refractivity contribution in [2.75, 3.05) is 5.32 Å². The van der Waals surface area contributed by atoms with Crippen LogP contribution in [0.3, 0.4) is 0 Å². The SMILES string of the molecule is CC(C)(C)C(N)CC(=O)Nc1cccc(-c2cnco2)c1. The molecule has 112 valence electrons. The van der Waals surface area contributed by atoms with Crippen molar-refractivity contribution in [3.8, 4) is 11.3 Å². The van der Waals surface area contributed by atoms with Crippen LogP contribution in [0.15, 0.2) is 41.3 Å². The predicted octanol–water partition coefficient (Wildman–Crippen LogP) is 3.04. The molecule has 0 spiro atoms. The van der Waals surface area contributed by atoms with Crippen LogP contribution in [0, 0.1) is 5.41 Å². The monoisotopic (exact) mass is 287 g/mol. The Hall–Kier alpha value is -2.14. The van der Waals surface area contributed by atoms with Crippen molar-refractivity contribution in [1.82, 2.24) is 4.98 Å². The Morgan fingerprint density at radius 2 is 2.19 bits per heavy atom. The predicted molar refractivity (Wildman–Crippen MR) is 82.6 cm³/mol. The van der Waals surface area contributed by atoms with Gasteiger partial charge < -0.3 is 15.5 Å². The highest BCUT2D eigenvalue weighted by Gasteiger charge is 2.23. The average Bonchev–Trinajstić information content (AvgIpc) is 2.91. The number of nitrogens with zero attached hydrogens (tertiary/aromatic N) is 1. The van der Waals surface area contributed by atoms with Crippen molar-refractivity contribution in [2.45, 2.75) is 33.2 Å². The van der Waals surface area contributed by atoms with Gasteiger partial charge in [0.2, 0.25) is 5.91 Å². The standard InChI is InChI=1S/C16H21N3O2/c1-16(2,3)14(17)8-15(20)19-12-6-4-5-11(7-12)13-9-18-10-21-13/h4-7,9-10,14H,8,17H2,1-3H3,(H,19,20). The first-order valence-electron chi connectivity index (χ1n) is 6.90. The number of rotatable bonds is 4. The normalized spacial score (nSPS) is 13.0. The molecule has 0 aliphatic rings. The number of nitrogens with one attached hydrogen (secondary N) is 1. The van der Waals surface area contributed by atoms with Crippen LogP contribution in [0.5, 0.6) is 0 Å². The first-order valence-corrected chi connectivity index (χ1v) is 6.90. The summed E-state index contributed by atoms with van der Waals surface area (Å²) >= 11 is 0. The van der Waals surface area contributed by atoms with Gasteiger partial charge in [-0.2, -0.15) is 0 Å². The molecule has 1 unspecified atom stereocenters. The number of oxazole rings is 1. The number of hydrogen-bond acceptors (Lipinski definition) is 4. The smallest absolute Gasteiger partial charge is 0.225 e. The van der Waals surface area contributed by atoms with E-state index in [0.29, 0.717) is 5.76 Å². The second kappa shape index (κ2) is 6.10. The van der Waals surface area contributed by atoms with Crippen LogP contribution in [0.4, 0.5) is 5.69 Å². The van der Waals surface area contributed by atoms with Crippen LogP contribution in [-0.4, -0.2) is 16.9 Å². The molecule has 5 heteroatoms. The minimum Gasteiger partial charge on any atom is -0.444 e. The molecule has 0 aliphatic carbocycles. The summed E-state index contributed by atoms with van der Waals surface area (Å²) in [7, 11) is 0. The number of anilines is 1. The fourth-order valence-corrected chi connectivity index (χ4v) is 1.83. The molecule has 1 aromatic carbocycles. The van der Waals surface area contributed by atoms with E-state index in [0.717, 1.165) is 11.3 Å². The van der Waals surface area contributed by atoms with Crippen LogP contribution < -0.4 is 11.1 Å². The quantitative estimate of drug-likeness (QED) is 0.905. The highest BCUT2D eigenvalue weighted by Crippen LogP contribution is 2.23. The third-order valence-electron chi connectivity index (χ3n) is 3.38. The van der Waals surface area contributed by atoms with Gasteiger partial charge in [-0.3, -0.25) is 4.79 Å². The summed E-state index contributed by atoms with van der Waals surface area (Å²) in [6, 6.07) is 7.25. The second-order valence-electron chi connectivity index (χ2n) is 6.17. The maximum absolute atomic E-state index is 12.0. The third-order valence-corrected chi connectivity index (χ3v) is 3.38. The summed E-state index contributed by atoms with van der Waals surface area (Å²) in [5, 5.41) is 2.87. The van der Waals surface area contributed by atoms with E-state index < -0.39 is 0 Å². The van der Waals surface area contributed by atoms with Crippen molar-refractivity contribution in [3.05, 3.63) is 36.9 Å². The van der Waals surface area contributed by atoms with Gasteiger partial charge in [0.1, 0.15) is 0 Å². The van der Waals surface area contributed by atoms with Crippen molar-refractivity contribution >= 4 is 11.6 Å². The lowest BCUT2D eigenvalue weighted by Gasteiger charge is -2.26. The summed E-state index contributed by atoms with van der Waals surface area (Å²) in [6.07, 6.45) is 3.30. The van der Waals surface area contributed by atoms with E-state index in [1.165, 1.54) is 6.39 Å². The number of nitrogens with two attached hydrogens (primary N) is 1. The Morgan fingerprint density at radius 3 is 2.81 bits per heavy atom. The molecule has 0 saturated carbocycles. The molecule has 3 N–H and O–H groups in total. The van der Waals surface area contributed by atoms with E-state index in [9.17, 15) is 4.79 Å². The fourth-order valence-electron chi connectivity index (χ4n) is 1.83. The number of aromatic nitrogens is 1. The minimum atomic E-state index is -0.185. The van der Waals surface area contributed by atoms with Gasteiger partial charge in [0, 0.05) is 23.7 Å². The number of benzene rings is 1. The molecular formula is C16H21N3O2. The van der Waals surface area contributed by atoms with Gasteiger partial charge in [-0.05, 0) is 17.5 Å². The van der Waals surface area contributed by atoms with Gasteiger partial charge in [-0.25, -0.2) is 4.98 Å². The molecule has 1 aromatic heterocycles. The minimum absolute atomic E-state index is 0.0906. The molecule has 2 aromatic rings. The lowest BCUT2D eigenvalue weighted by Crippen LogP contribution is -2.38. The zero-order valence-electron chi connectivity index (χ0n) is 12.6. The lowest BCUT2D eigenvalue weighted by atomic mass is 9.85.